The predicted molar refractivity (Wildman–Crippen MR) is 87.3 cm³/mol. The maximum Gasteiger partial charge on any atom is 0.293 e. The topological polar surface area (TPSA) is 55.0 Å². The molecular formula is C16H18Cl2N2O2. The number of ether oxygens (including phenoxy) is 1. The summed E-state index contributed by atoms with van der Waals surface area (Å²) in [5, 5.41) is 8.30. The van der Waals surface area contributed by atoms with Crippen LogP contribution >= 0.6 is 23.2 Å². The fraction of sp³-hybridized carbons (Fsp3) is 0.375. The number of nitrogens with one attached hydrogen (secondary N) is 1. The van der Waals surface area contributed by atoms with Gasteiger partial charge in [0.05, 0.1) is 5.69 Å². The maximum atomic E-state index is 10.8. The molecule has 0 aliphatic carbocycles. The van der Waals surface area contributed by atoms with Crippen LogP contribution in [0.15, 0.2) is 24.3 Å². The van der Waals surface area contributed by atoms with E-state index >= 15 is 0 Å². The fourth-order valence-electron chi connectivity index (χ4n) is 2.11. The first-order valence-corrected chi connectivity index (χ1v) is 7.65. The minimum atomic E-state index is -0.490. The molecule has 0 saturated heterocycles. The lowest BCUT2D eigenvalue weighted by Gasteiger charge is -2.16. The molecule has 1 heterocycles. The SMILES string of the molecule is CC(C)(C)c1cc(CC(OC=O)c2ccc(Cl)cc2Cl)[nH]n1. The smallest absolute Gasteiger partial charge is 0.293 e. The fourth-order valence-corrected chi connectivity index (χ4v) is 2.64. The van der Waals surface area contributed by atoms with Gasteiger partial charge in [0.15, 0.2) is 0 Å². The second kappa shape index (κ2) is 6.71. The predicted octanol–water partition coefficient (Wildman–Crippen LogP) is 4.47. The van der Waals surface area contributed by atoms with Crippen LogP contribution in [0.3, 0.4) is 0 Å². The van der Waals surface area contributed by atoms with Crippen molar-refractivity contribution < 1.29 is 9.53 Å². The highest BCUT2D eigenvalue weighted by atomic mass is 35.5. The molecule has 1 N–H and O–H groups in total. The van der Waals surface area contributed by atoms with Gasteiger partial charge in [-0.05, 0) is 18.2 Å². The van der Waals surface area contributed by atoms with Gasteiger partial charge in [0.1, 0.15) is 6.10 Å². The van der Waals surface area contributed by atoms with E-state index < -0.39 is 6.10 Å². The summed E-state index contributed by atoms with van der Waals surface area (Å²) in [6.45, 7) is 6.68. The molecule has 2 rings (SSSR count). The third-order valence-corrected chi connectivity index (χ3v) is 3.90. The number of nitrogens with zero attached hydrogens (tertiary/aromatic N) is 1. The van der Waals surface area contributed by atoms with Crippen molar-refractivity contribution in [1.29, 1.82) is 0 Å². The monoisotopic (exact) mass is 340 g/mol. The molecule has 4 nitrogen and oxygen atoms in total. The number of hydrogen-bond acceptors (Lipinski definition) is 3. The van der Waals surface area contributed by atoms with Crippen LogP contribution in [0.2, 0.25) is 10.0 Å². The van der Waals surface area contributed by atoms with Crippen molar-refractivity contribution >= 4 is 29.7 Å². The maximum absolute atomic E-state index is 10.8. The van der Waals surface area contributed by atoms with E-state index in [-0.39, 0.29) is 5.41 Å². The molecule has 6 heteroatoms. The first-order valence-electron chi connectivity index (χ1n) is 6.90. The van der Waals surface area contributed by atoms with Crippen LogP contribution in [0, 0.1) is 0 Å². The number of aromatic nitrogens is 2. The summed E-state index contributed by atoms with van der Waals surface area (Å²) in [6, 6.07) is 7.09. The Balaban J connectivity index is 2.25. The number of aromatic amines is 1. The Morgan fingerprint density at radius 2 is 2.05 bits per heavy atom. The molecule has 0 amide bonds. The first kappa shape index (κ1) is 16.8. The van der Waals surface area contributed by atoms with Crippen molar-refractivity contribution in [2.45, 2.75) is 38.7 Å². The van der Waals surface area contributed by atoms with Gasteiger partial charge in [0.2, 0.25) is 0 Å². The normalized spacial score (nSPS) is 13.0. The van der Waals surface area contributed by atoms with Gasteiger partial charge in [-0.2, -0.15) is 5.10 Å². The molecule has 1 aromatic heterocycles. The lowest BCUT2D eigenvalue weighted by Crippen LogP contribution is -2.11. The van der Waals surface area contributed by atoms with Crippen LogP contribution in [0.25, 0.3) is 0 Å². The van der Waals surface area contributed by atoms with Gasteiger partial charge in [0, 0.05) is 33.1 Å². The Bertz CT molecular complexity index is 662. The van der Waals surface area contributed by atoms with Crippen molar-refractivity contribution in [1.82, 2.24) is 10.2 Å². The number of carbonyl (C=O) groups excluding carboxylic acids is 1. The standard InChI is InChI=1S/C16H18Cl2N2O2/c1-16(2,3)15-8-11(19-20-15)7-14(22-9-21)12-5-4-10(17)6-13(12)18/h4-6,8-9,14H,7H2,1-3H3,(H,19,20). The van der Waals surface area contributed by atoms with E-state index in [9.17, 15) is 4.79 Å². The second-order valence-electron chi connectivity index (χ2n) is 6.12. The molecule has 22 heavy (non-hydrogen) atoms. The molecule has 0 bridgehead atoms. The van der Waals surface area contributed by atoms with Crippen molar-refractivity contribution in [3.63, 3.8) is 0 Å². The van der Waals surface area contributed by atoms with Crippen LogP contribution in [0.1, 0.15) is 43.8 Å². The van der Waals surface area contributed by atoms with Gasteiger partial charge >= 0.3 is 0 Å². The zero-order chi connectivity index (χ0) is 16.3. The number of hydrogen-bond donors (Lipinski definition) is 1. The number of carbonyl (C=O) groups is 1. The second-order valence-corrected chi connectivity index (χ2v) is 6.96. The van der Waals surface area contributed by atoms with Crippen LogP contribution in [0.4, 0.5) is 0 Å². The van der Waals surface area contributed by atoms with E-state index in [1.807, 2.05) is 6.07 Å². The third-order valence-electron chi connectivity index (χ3n) is 3.33. The number of benzene rings is 1. The summed E-state index contributed by atoms with van der Waals surface area (Å²) in [4.78, 5) is 10.8. The van der Waals surface area contributed by atoms with Crippen LogP contribution in [-0.4, -0.2) is 16.7 Å². The quantitative estimate of drug-likeness (QED) is 0.817. The van der Waals surface area contributed by atoms with Gasteiger partial charge in [0.25, 0.3) is 6.47 Å². The highest BCUT2D eigenvalue weighted by Crippen LogP contribution is 2.31. The summed E-state index contributed by atoms with van der Waals surface area (Å²) in [7, 11) is 0. The Kier molecular flexibility index (Phi) is 5.14. The zero-order valence-electron chi connectivity index (χ0n) is 12.7. The molecule has 1 atom stereocenters. The van der Waals surface area contributed by atoms with Crippen LogP contribution in [0.5, 0.6) is 0 Å². The average molecular weight is 341 g/mol. The van der Waals surface area contributed by atoms with Gasteiger partial charge in [-0.1, -0.05) is 50.0 Å². The molecule has 1 unspecified atom stereocenters. The molecule has 0 saturated carbocycles. The van der Waals surface area contributed by atoms with Crippen molar-refractivity contribution in [3.05, 3.63) is 51.3 Å². The van der Waals surface area contributed by atoms with Gasteiger partial charge in [-0.3, -0.25) is 9.89 Å². The molecule has 0 spiro atoms. The lowest BCUT2D eigenvalue weighted by molar-refractivity contribution is -0.133. The van der Waals surface area contributed by atoms with E-state index in [1.165, 1.54) is 0 Å². The van der Waals surface area contributed by atoms with E-state index in [0.29, 0.717) is 28.5 Å². The largest absolute Gasteiger partial charge is 0.459 e. The minimum Gasteiger partial charge on any atom is -0.459 e. The van der Waals surface area contributed by atoms with Gasteiger partial charge in [-0.15, -0.1) is 0 Å². The van der Waals surface area contributed by atoms with Crippen molar-refractivity contribution in [2.75, 3.05) is 0 Å². The highest BCUT2D eigenvalue weighted by Gasteiger charge is 2.21. The molecule has 0 aliphatic rings. The summed E-state index contributed by atoms with van der Waals surface area (Å²) in [6.07, 6.45) is -0.0288. The molecule has 1 aromatic carbocycles. The Morgan fingerprint density at radius 3 is 2.59 bits per heavy atom. The minimum absolute atomic E-state index is 0.0479. The van der Waals surface area contributed by atoms with Gasteiger partial charge in [-0.25, -0.2) is 0 Å². The Labute approximate surface area is 139 Å². The third kappa shape index (κ3) is 4.02. The number of rotatable bonds is 5. The molecule has 118 valence electrons. The lowest BCUT2D eigenvalue weighted by atomic mass is 9.92. The van der Waals surface area contributed by atoms with E-state index in [2.05, 4.69) is 31.0 Å². The summed E-state index contributed by atoms with van der Waals surface area (Å²) in [5.74, 6) is 0. The van der Waals surface area contributed by atoms with E-state index in [1.54, 1.807) is 18.2 Å². The zero-order valence-corrected chi connectivity index (χ0v) is 14.2. The van der Waals surface area contributed by atoms with Crippen LogP contribution < -0.4 is 0 Å². The Morgan fingerprint density at radius 1 is 1.32 bits per heavy atom. The van der Waals surface area contributed by atoms with E-state index in [4.69, 9.17) is 27.9 Å². The Hall–Kier alpha value is -1.52. The molecular weight excluding hydrogens is 323 g/mol. The first-order chi connectivity index (χ1) is 10.3. The molecule has 0 aliphatic heterocycles. The van der Waals surface area contributed by atoms with Crippen LogP contribution in [-0.2, 0) is 21.4 Å². The number of halogens is 2. The summed E-state index contributed by atoms with van der Waals surface area (Å²) < 4.78 is 5.19. The van der Waals surface area contributed by atoms with Crippen molar-refractivity contribution in [3.8, 4) is 0 Å². The molecule has 0 radical (unpaired) electrons. The highest BCUT2D eigenvalue weighted by molar-refractivity contribution is 6.35. The van der Waals surface area contributed by atoms with E-state index in [0.717, 1.165) is 11.4 Å². The summed E-state index contributed by atoms with van der Waals surface area (Å²) >= 11 is 12.1. The van der Waals surface area contributed by atoms with Crippen molar-refractivity contribution in [2.24, 2.45) is 0 Å². The summed E-state index contributed by atoms with van der Waals surface area (Å²) in [5.41, 5.74) is 2.50. The molecule has 0 fully saturated rings. The average Bonchev–Trinajstić information content (AvgIpc) is 2.87. The number of H-pyrrole nitrogens is 1. The molecule has 2 aromatic rings. The van der Waals surface area contributed by atoms with Gasteiger partial charge < -0.3 is 4.74 Å².